The minimum Gasteiger partial charge on any atom is -0.496 e. The molecule has 0 saturated carbocycles. The van der Waals surface area contributed by atoms with E-state index >= 15 is 0 Å². The molecule has 4 rings (SSSR count). The van der Waals surface area contributed by atoms with Crippen LogP contribution in [-0.4, -0.2) is 22.8 Å². The number of aromatic nitrogens is 2. The molecular formula is C19H16FN3O2. The summed E-state index contributed by atoms with van der Waals surface area (Å²) in [5.41, 5.74) is 2.37. The largest absolute Gasteiger partial charge is 0.496 e. The van der Waals surface area contributed by atoms with E-state index in [0.29, 0.717) is 17.9 Å². The van der Waals surface area contributed by atoms with Crippen molar-refractivity contribution < 1.29 is 13.9 Å². The normalized spacial score (nSPS) is 16.2. The molecule has 5 nitrogen and oxygen atoms in total. The van der Waals surface area contributed by atoms with Crippen molar-refractivity contribution in [3.05, 3.63) is 71.7 Å². The van der Waals surface area contributed by atoms with Crippen molar-refractivity contribution in [2.24, 2.45) is 0 Å². The van der Waals surface area contributed by atoms with Crippen molar-refractivity contribution in [1.29, 1.82) is 0 Å². The lowest BCUT2D eigenvalue weighted by Gasteiger charge is -2.25. The van der Waals surface area contributed by atoms with Crippen LogP contribution in [0.25, 0.3) is 5.69 Å². The Morgan fingerprint density at radius 3 is 2.84 bits per heavy atom. The zero-order valence-corrected chi connectivity index (χ0v) is 13.6. The van der Waals surface area contributed by atoms with Crippen LogP contribution in [0.2, 0.25) is 0 Å². The SMILES string of the molecule is COc1ccccc1C1CC(=O)Nc2c1cnn2-c1cccc(F)c1. The first-order valence-corrected chi connectivity index (χ1v) is 7.94. The van der Waals surface area contributed by atoms with Gasteiger partial charge in [0.25, 0.3) is 0 Å². The third-order valence-electron chi connectivity index (χ3n) is 4.39. The molecule has 1 aliphatic rings. The predicted octanol–water partition coefficient (Wildman–Crippen LogP) is 3.49. The Labute approximate surface area is 144 Å². The molecule has 0 saturated heterocycles. The zero-order chi connectivity index (χ0) is 17.4. The Hall–Kier alpha value is -3.15. The molecule has 3 aromatic rings. The van der Waals surface area contributed by atoms with E-state index in [1.165, 1.54) is 12.1 Å². The highest BCUT2D eigenvalue weighted by atomic mass is 19.1. The molecule has 1 amide bonds. The van der Waals surface area contributed by atoms with Gasteiger partial charge in [0.15, 0.2) is 0 Å². The summed E-state index contributed by atoms with van der Waals surface area (Å²) >= 11 is 0. The van der Waals surface area contributed by atoms with Gasteiger partial charge in [0.1, 0.15) is 17.4 Å². The molecule has 6 heteroatoms. The van der Waals surface area contributed by atoms with Crippen LogP contribution in [0.1, 0.15) is 23.5 Å². The fourth-order valence-electron chi connectivity index (χ4n) is 3.26. The minimum atomic E-state index is -0.356. The van der Waals surface area contributed by atoms with Crippen LogP contribution in [-0.2, 0) is 4.79 Å². The molecule has 1 atom stereocenters. The van der Waals surface area contributed by atoms with Crippen LogP contribution in [0.3, 0.4) is 0 Å². The van der Waals surface area contributed by atoms with Gasteiger partial charge in [0.2, 0.25) is 5.91 Å². The summed E-state index contributed by atoms with van der Waals surface area (Å²) in [6.07, 6.45) is 2.03. The molecule has 0 spiro atoms. The third kappa shape index (κ3) is 2.65. The highest BCUT2D eigenvalue weighted by Gasteiger charge is 2.31. The van der Waals surface area contributed by atoms with Crippen molar-refractivity contribution in [3.63, 3.8) is 0 Å². The molecule has 1 aromatic heterocycles. The first kappa shape index (κ1) is 15.4. The van der Waals surface area contributed by atoms with Crippen molar-refractivity contribution >= 4 is 11.7 Å². The standard InChI is InChI=1S/C19H16FN3O2/c1-25-17-8-3-2-7-14(17)15-10-18(24)22-19-16(15)11-21-23(19)13-6-4-5-12(20)9-13/h2-9,11,15H,10H2,1H3,(H,22,24). The number of nitrogens with zero attached hydrogens (tertiary/aromatic N) is 2. The van der Waals surface area contributed by atoms with Gasteiger partial charge in [0, 0.05) is 23.5 Å². The summed E-state index contributed by atoms with van der Waals surface area (Å²) in [5.74, 6) is 0.665. The summed E-state index contributed by atoms with van der Waals surface area (Å²) < 4.78 is 20.6. The number of hydrogen-bond acceptors (Lipinski definition) is 3. The van der Waals surface area contributed by atoms with Gasteiger partial charge in [-0.05, 0) is 24.3 Å². The second kappa shape index (κ2) is 6.05. The lowest BCUT2D eigenvalue weighted by molar-refractivity contribution is -0.116. The Bertz CT molecular complexity index is 951. The van der Waals surface area contributed by atoms with Crippen LogP contribution in [0.15, 0.2) is 54.7 Å². The van der Waals surface area contributed by atoms with E-state index in [9.17, 15) is 9.18 Å². The quantitative estimate of drug-likeness (QED) is 0.796. The van der Waals surface area contributed by atoms with Gasteiger partial charge in [-0.3, -0.25) is 4.79 Å². The summed E-state index contributed by atoms with van der Waals surface area (Å²) in [5, 5.41) is 7.23. The first-order chi connectivity index (χ1) is 12.2. The highest BCUT2D eigenvalue weighted by molar-refractivity contribution is 5.94. The van der Waals surface area contributed by atoms with Gasteiger partial charge in [-0.1, -0.05) is 24.3 Å². The number of halogens is 1. The van der Waals surface area contributed by atoms with Crippen LogP contribution >= 0.6 is 0 Å². The van der Waals surface area contributed by atoms with E-state index in [1.54, 1.807) is 30.1 Å². The number of fused-ring (bicyclic) bond motifs is 1. The van der Waals surface area contributed by atoms with Crippen LogP contribution in [0, 0.1) is 5.82 Å². The number of benzene rings is 2. The van der Waals surface area contributed by atoms with Gasteiger partial charge in [0.05, 0.1) is 19.0 Å². The number of anilines is 1. The molecular weight excluding hydrogens is 321 g/mol. The molecule has 0 bridgehead atoms. The topological polar surface area (TPSA) is 56.1 Å². The zero-order valence-electron chi connectivity index (χ0n) is 13.6. The number of para-hydroxylation sites is 1. The number of amides is 1. The lowest BCUT2D eigenvalue weighted by Crippen LogP contribution is -2.24. The van der Waals surface area contributed by atoms with E-state index in [0.717, 1.165) is 16.9 Å². The fraction of sp³-hybridized carbons (Fsp3) is 0.158. The molecule has 1 N–H and O–H groups in total. The second-order valence-electron chi connectivity index (χ2n) is 5.89. The van der Waals surface area contributed by atoms with Gasteiger partial charge in [-0.25, -0.2) is 9.07 Å². The monoisotopic (exact) mass is 337 g/mol. The van der Waals surface area contributed by atoms with Crippen molar-refractivity contribution in [3.8, 4) is 11.4 Å². The lowest BCUT2D eigenvalue weighted by atomic mass is 9.87. The van der Waals surface area contributed by atoms with E-state index in [1.807, 2.05) is 24.3 Å². The number of nitrogens with one attached hydrogen (secondary N) is 1. The molecule has 2 aromatic carbocycles. The van der Waals surface area contributed by atoms with Gasteiger partial charge in [-0.15, -0.1) is 0 Å². The van der Waals surface area contributed by atoms with Crippen LogP contribution in [0.5, 0.6) is 5.75 Å². The number of hydrogen-bond donors (Lipinski definition) is 1. The summed E-state index contributed by atoms with van der Waals surface area (Å²) in [7, 11) is 1.61. The first-order valence-electron chi connectivity index (χ1n) is 7.94. The fourth-order valence-corrected chi connectivity index (χ4v) is 3.26. The van der Waals surface area contributed by atoms with E-state index in [-0.39, 0.29) is 17.6 Å². The summed E-state index contributed by atoms with van der Waals surface area (Å²) in [6, 6.07) is 13.7. The molecule has 0 radical (unpaired) electrons. The van der Waals surface area contributed by atoms with E-state index in [4.69, 9.17) is 4.74 Å². The maximum atomic E-state index is 13.6. The minimum absolute atomic E-state index is 0.110. The third-order valence-corrected chi connectivity index (χ3v) is 4.39. The van der Waals surface area contributed by atoms with Crippen molar-refractivity contribution in [1.82, 2.24) is 9.78 Å². The van der Waals surface area contributed by atoms with E-state index < -0.39 is 0 Å². The summed E-state index contributed by atoms with van der Waals surface area (Å²) in [4.78, 5) is 12.3. The predicted molar refractivity (Wildman–Crippen MR) is 91.6 cm³/mol. The van der Waals surface area contributed by atoms with E-state index in [2.05, 4.69) is 10.4 Å². The number of ether oxygens (including phenoxy) is 1. The van der Waals surface area contributed by atoms with Gasteiger partial charge in [-0.2, -0.15) is 5.10 Å². The maximum absolute atomic E-state index is 13.6. The summed E-state index contributed by atoms with van der Waals surface area (Å²) in [6.45, 7) is 0. The Morgan fingerprint density at radius 2 is 2.04 bits per heavy atom. The average Bonchev–Trinajstić information content (AvgIpc) is 3.04. The smallest absolute Gasteiger partial charge is 0.226 e. The van der Waals surface area contributed by atoms with Gasteiger partial charge >= 0.3 is 0 Å². The molecule has 1 unspecified atom stereocenters. The van der Waals surface area contributed by atoms with Crippen molar-refractivity contribution in [2.75, 3.05) is 12.4 Å². The highest BCUT2D eigenvalue weighted by Crippen LogP contribution is 2.41. The Morgan fingerprint density at radius 1 is 1.20 bits per heavy atom. The Kier molecular flexibility index (Phi) is 3.72. The molecule has 0 fully saturated rings. The molecule has 1 aliphatic heterocycles. The molecule has 126 valence electrons. The maximum Gasteiger partial charge on any atom is 0.226 e. The average molecular weight is 337 g/mol. The Balaban J connectivity index is 1.84. The molecule has 2 heterocycles. The van der Waals surface area contributed by atoms with Gasteiger partial charge < -0.3 is 10.1 Å². The number of carbonyl (C=O) groups excluding carboxylic acids is 1. The van der Waals surface area contributed by atoms with Crippen molar-refractivity contribution in [2.45, 2.75) is 12.3 Å². The number of carbonyl (C=O) groups is 1. The number of rotatable bonds is 3. The van der Waals surface area contributed by atoms with Crippen LogP contribution < -0.4 is 10.1 Å². The second-order valence-corrected chi connectivity index (χ2v) is 5.89. The number of methoxy groups -OCH3 is 1. The molecule has 25 heavy (non-hydrogen) atoms. The molecule has 0 aliphatic carbocycles. The van der Waals surface area contributed by atoms with Crippen LogP contribution in [0.4, 0.5) is 10.2 Å².